The molecule has 0 aromatic carbocycles. The maximum Gasteiger partial charge on any atom is 0.139 e. The first-order chi connectivity index (χ1) is 6.31. The second-order valence-corrected chi connectivity index (χ2v) is 4.45. The van der Waals surface area contributed by atoms with Crippen LogP contribution < -0.4 is 5.73 Å². The predicted molar refractivity (Wildman–Crippen MR) is 53.8 cm³/mol. The van der Waals surface area contributed by atoms with E-state index in [0.717, 1.165) is 11.3 Å². The molecule has 0 aliphatic heterocycles. The first-order valence-corrected chi connectivity index (χ1v) is 4.71. The Hall–Kier alpha value is -0.870. The standard InChI is InChI=1S/C10H18N2O2/c1-6-9(7(2)14-12-6)8(13)5-10(3,4)11/h8,13H,5,11H2,1-4H3. The predicted octanol–water partition coefficient (Wildman–Crippen LogP) is 1.45. The van der Waals surface area contributed by atoms with Gasteiger partial charge in [0, 0.05) is 11.1 Å². The average molecular weight is 198 g/mol. The molecule has 1 aromatic heterocycles. The Bertz CT molecular complexity index is 293. The molecular formula is C10H18N2O2. The van der Waals surface area contributed by atoms with Gasteiger partial charge in [-0.15, -0.1) is 0 Å². The van der Waals surface area contributed by atoms with Gasteiger partial charge in [0.15, 0.2) is 0 Å². The van der Waals surface area contributed by atoms with Gasteiger partial charge in [0.05, 0.1) is 11.8 Å². The third-order valence-electron chi connectivity index (χ3n) is 2.14. The fraction of sp³-hybridized carbons (Fsp3) is 0.700. The summed E-state index contributed by atoms with van der Waals surface area (Å²) in [4.78, 5) is 0. The van der Waals surface area contributed by atoms with Gasteiger partial charge in [-0.05, 0) is 34.1 Å². The van der Waals surface area contributed by atoms with Crippen molar-refractivity contribution in [1.82, 2.24) is 5.16 Å². The SMILES string of the molecule is Cc1noc(C)c1C(O)CC(C)(C)N. The minimum Gasteiger partial charge on any atom is -0.388 e. The first kappa shape index (κ1) is 11.2. The fourth-order valence-corrected chi connectivity index (χ4v) is 1.57. The Labute approximate surface area is 84.1 Å². The smallest absolute Gasteiger partial charge is 0.139 e. The van der Waals surface area contributed by atoms with E-state index in [4.69, 9.17) is 10.3 Å². The monoisotopic (exact) mass is 198 g/mol. The molecule has 0 bridgehead atoms. The van der Waals surface area contributed by atoms with E-state index >= 15 is 0 Å². The Morgan fingerprint density at radius 2 is 2.07 bits per heavy atom. The van der Waals surface area contributed by atoms with E-state index in [1.807, 2.05) is 20.8 Å². The quantitative estimate of drug-likeness (QED) is 0.771. The van der Waals surface area contributed by atoms with Crippen LogP contribution in [0.15, 0.2) is 4.52 Å². The molecule has 0 radical (unpaired) electrons. The highest BCUT2D eigenvalue weighted by atomic mass is 16.5. The molecule has 1 heterocycles. The zero-order chi connectivity index (χ0) is 10.9. The van der Waals surface area contributed by atoms with Crippen LogP contribution >= 0.6 is 0 Å². The Morgan fingerprint density at radius 3 is 2.43 bits per heavy atom. The Kier molecular flexibility index (Phi) is 2.97. The molecule has 0 aliphatic carbocycles. The van der Waals surface area contributed by atoms with Crippen molar-refractivity contribution in [3.63, 3.8) is 0 Å². The molecule has 4 nitrogen and oxygen atoms in total. The van der Waals surface area contributed by atoms with Gasteiger partial charge < -0.3 is 15.4 Å². The third-order valence-corrected chi connectivity index (χ3v) is 2.14. The maximum atomic E-state index is 9.93. The van der Waals surface area contributed by atoms with Crippen molar-refractivity contribution in [3.05, 3.63) is 17.0 Å². The molecule has 0 amide bonds. The summed E-state index contributed by atoms with van der Waals surface area (Å²) < 4.78 is 4.98. The number of aromatic nitrogens is 1. The highest BCUT2D eigenvalue weighted by Gasteiger charge is 2.23. The van der Waals surface area contributed by atoms with E-state index in [-0.39, 0.29) is 0 Å². The van der Waals surface area contributed by atoms with E-state index in [9.17, 15) is 5.11 Å². The van der Waals surface area contributed by atoms with Crippen LogP contribution in [0.2, 0.25) is 0 Å². The minimum absolute atomic E-state index is 0.393. The summed E-state index contributed by atoms with van der Waals surface area (Å²) in [7, 11) is 0. The molecule has 14 heavy (non-hydrogen) atoms. The van der Waals surface area contributed by atoms with Gasteiger partial charge in [0.2, 0.25) is 0 Å². The summed E-state index contributed by atoms with van der Waals surface area (Å²) in [6.45, 7) is 7.38. The van der Waals surface area contributed by atoms with Gasteiger partial charge in [-0.1, -0.05) is 5.16 Å². The molecule has 1 atom stereocenters. The summed E-state index contributed by atoms with van der Waals surface area (Å²) in [5.41, 5.74) is 6.94. The van der Waals surface area contributed by atoms with E-state index in [1.54, 1.807) is 6.92 Å². The minimum atomic E-state index is -0.596. The highest BCUT2D eigenvalue weighted by Crippen LogP contribution is 2.27. The highest BCUT2D eigenvalue weighted by molar-refractivity contribution is 5.23. The summed E-state index contributed by atoms with van der Waals surface area (Å²) in [6, 6.07) is 0. The lowest BCUT2D eigenvalue weighted by molar-refractivity contribution is 0.140. The van der Waals surface area contributed by atoms with E-state index < -0.39 is 11.6 Å². The number of hydrogen-bond donors (Lipinski definition) is 2. The molecule has 80 valence electrons. The van der Waals surface area contributed by atoms with Crippen molar-refractivity contribution >= 4 is 0 Å². The van der Waals surface area contributed by atoms with Crippen molar-refractivity contribution in [1.29, 1.82) is 0 Å². The van der Waals surface area contributed by atoms with Crippen molar-refractivity contribution in [3.8, 4) is 0 Å². The first-order valence-electron chi connectivity index (χ1n) is 4.71. The summed E-state index contributed by atoms with van der Waals surface area (Å²) in [5.74, 6) is 0.666. The van der Waals surface area contributed by atoms with Gasteiger partial charge in [-0.3, -0.25) is 0 Å². The van der Waals surface area contributed by atoms with Gasteiger partial charge in [0.1, 0.15) is 5.76 Å². The molecule has 0 fully saturated rings. The number of aliphatic hydroxyl groups is 1. The normalized spacial score (nSPS) is 14.4. The lowest BCUT2D eigenvalue weighted by Gasteiger charge is -2.22. The Balaban J connectivity index is 2.84. The topological polar surface area (TPSA) is 72.3 Å². The van der Waals surface area contributed by atoms with Crippen LogP contribution in [0.3, 0.4) is 0 Å². The third kappa shape index (κ3) is 2.56. The number of hydrogen-bond acceptors (Lipinski definition) is 4. The van der Waals surface area contributed by atoms with Crippen LogP contribution in [0.5, 0.6) is 0 Å². The van der Waals surface area contributed by atoms with E-state index in [0.29, 0.717) is 12.2 Å². The van der Waals surface area contributed by atoms with E-state index in [1.165, 1.54) is 0 Å². The van der Waals surface area contributed by atoms with Crippen LogP contribution in [0.25, 0.3) is 0 Å². The Morgan fingerprint density at radius 1 is 1.50 bits per heavy atom. The summed E-state index contributed by atoms with van der Waals surface area (Å²) in [5, 5.41) is 13.7. The van der Waals surface area contributed by atoms with Gasteiger partial charge in [-0.2, -0.15) is 0 Å². The maximum absolute atomic E-state index is 9.93. The number of aliphatic hydroxyl groups excluding tert-OH is 1. The van der Waals surface area contributed by atoms with E-state index in [2.05, 4.69) is 5.16 Å². The largest absolute Gasteiger partial charge is 0.388 e. The molecular weight excluding hydrogens is 180 g/mol. The van der Waals surface area contributed by atoms with Gasteiger partial charge in [-0.25, -0.2) is 0 Å². The van der Waals surface area contributed by atoms with Crippen LogP contribution in [-0.4, -0.2) is 15.8 Å². The average Bonchev–Trinajstić information content (AvgIpc) is 2.27. The summed E-state index contributed by atoms with van der Waals surface area (Å²) >= 11 is 0. The molecule has 1 rings (SSSR count). The zero-order valence-electron chi connectivity index (χ0n) is 9.16. The zero-order valence-corrected chi connectivity index (χ0v) is 9.16. The fourth-order valence-electron chi connectivity index (χ4n) is 1.57. The van der Waals surface area contributed by atoms with Crippen LogP contribution in [0.1, 0.15) is 43.4 Å². The molecule has 0 saturated carbocycles. The number of aryl methyl sites for hydroxylation is 2. The van der Waals surface area contributed by atoms with Crippen LogP contribution in [-0.2, 0) is 0 Å². The molecule has 0 aliphatic rings. The molecule has 0 spiro atoms. The van der Waals surface area contributed by atoms with Gasteiger partial charge >= 0.3 is 0 Å². The van der Waals surface area contributed by atoms with Crippen molar-refractivity contribution in [2.24, 2.45) is 5.73 Å². The molecule has 1 unspecified atom stereocenters. The van der Waals surface area contributed by atoms with Crippen molar-refractivity contribution in [2.45, 2.75) is 45.8 Å². The molecule has 4 heteroatoms. The summed E-state index contributed by atoms with van der Waals surface area (Å²) in [6.07, 6.45) is -0.100. The second kappa shape index (κ2) is 3.71. The molecule has 3 N–H and O–H groups in total. The number of rotatable bonds is 3. The van der Waals surface area contributed by atoms with Gasteiger partial charge in [0.25, 0.3) is 0 Å². The van der Waals surface area contributed by atoms with Crippen molar-refractivity contribution < 1.29 is 9.63 Å². The van der Waals surface area contributed by atoms with Crippen LogP contribution in [0, 0.1) is 13.8 Å². The number of nitrogens with two attached hydrogens (primary N) is 1. The molecule has 0 saturated heterocycles. The second-order valence-electron chi connectivity index (χ2n) is 4.45. The molecule has 1 aromatic rings. The lowest BCUT2D eigenvalue weighted by atomic mass is 9.93. The van der Waals surface area contributed by atoms with Crippen molar-refractivity contribution in [2.75, 3.05) is 0 Å². The number of nitrogens with zero attached hydrogens (tertiary/aromatic N) is 1. The lowest BCUT2D eigenvalue weighted by Crippen LogP contribution is -2.34. The van der Waals surface area contributed by atoms with Crippen LogP contribution in [0.4, 0.5) is 0 Å².